The van der Waals surface area contributed by atoms with Gasteiger partial charge in [0.25, 0.3) is 0 Å². The maximum Gasteiger partial charge on any atom is 0.244 e. The van der Waals surface area contributed by atoms with Gasteiger partial charge in [0, 0.05) is 5.56 Å². The van der Waals surface area contributed by atoms with Crippen LogP contribution < -0.4 is 5.32 Å². The van der Waals surface area contributed by atoms with Gasteiger partial charge in [-0.3, -0.25) is 14.5 Å². The Kier molecular flexibility index (Phi) is 1.97. The molecular formula is C11H8N2O3S. The van der Waals surface area contributed by atoms with E-state index in [-0.39, 0.29) is 16.8 Å². The minimum atomic E-state index is -0.769. The molecule has 6 heteroatoms. The molecule has 0 spiro atoms. The maximum atomic E-state index is 11.7. The van der Waals surface area contributed by atoms with Gasteiger partial charge >= 0.3 is 0 Å². The number of phenolic OH excluding ortho intramolecular Hbond substituents is 1. The summed E-state index contributed by atoms with van der Waals surface area (Å²) < 4.78 is 0. The van der Waals surface area contributed by atoms with Gasteiger partial charge in [-0.1, -0.05) is 18.2 Å². The fraction of sp³-hybridized carbons (Fsp3) is 0.182. The summed E-state index contributed by atoms with van der Waals surface area (Å²) in [6.07, 6.45) is 0. The van der Waals surface area contributed by atoms with Crippen molar-refractivity contribution in [3.05, 3.63) is 29.8 Å². The Morgan fingerprint density at radius 3 is 2.59 bits per heavy atom. The van der Waals surface area contributed by atoms with Gasteiger partial charge in [-0.15, -0.1) is 0 Å². The molecule has 2 bridgehead atoms. The van der Waals surface area contributed by atoms with Gasteiger partial charge in [0.05, 0.1) is 6.04 Å². The van der Waals surface area contributed by atoms with Crippen molar-refractivity contribution in [2.75, 3.05) is 0 Å². The molecule has 3 heterocycles. The molecule has 1 aromatic carbocycles. The summed E-state index contributed by atoms with van der Waals surface area (Å²) in [4.78, 5) is 24.6. The second-order valence-electron chi connectivity index (χ2n) is 3.98. The summed E-state index contributed by atoms with van der Waals surface area (Å²) in [5.74, 6) is -1.39. The smallest absolute Gasteiger partial charge is 0.244 e. The Labute approximate surface area is 102 Å². The van der Waals surface area contributed by atoms with Gasteiger partial charge in [-0.25, -0.2) is 0 Å². The van der Waals surface area contributed by atoms with Crippen LogP contribution in [0.2, 0.25) is 0 Å². The van der Waals surface area contributed by atoms with Crippen molar-refractivity contribution in [3.8, 4) is 5.75 Å². The zero-order valence-electron chi connectivity index (χ0n) is 8.58. The first kappa shape index (κ1) is 10.2. The molecule has 2 N–H and O–H groups in total. The lowest BCUT2D eigenvalue weighted by Gasteiger charge is -2.50. The predicted molar refractivity (Wildman–Crippen MR) is 61.9 cm³/mol. The first-order valence-electron chi connectivity index (χ1n) is 5.07. The second kappa shape index (κ2) is 3.27. The first-order chi connectivity index (χ1) is 8.11. The van der Waals surface area contributed by atoms with Gasteiger partial charge in [-0.2, -0.15) is 0 Å². The maximum absolute atomic E-state index is 11.7. The zero-order valence-corrected chi connectivity index (χ0v) is 9.40. The van der Waals surface area contributed by atoms with E-state index in [1.54, 1.807) is 18.2 Å². The number of carbonyl (C=O) groups is 2. The van der Waals surface area contributed by atoms with E-state index in [0.29, 0.717) is 5.56 Å². The van der Waals surface area contributed by atoms with Crippen molar-refractivity contribution in [3.63, 3.8) is 0 Å². The van der Waals surface area contributed by atoms with Crippen LogP contribution in [-0.4, -0.2) is 26.9 Å². The normalized spacial score (nSPS) is 26.6. The third-order valence-electron chi connectivity index (χ3n) is 3.08. The molecule has 4 rings (SSSR count). The first-order valence-corrected chi connectivity index (χ1v) is 5.48. The zero-order chi connectivity index (χ0) is 12.2. The monoisotopic (exact) mass is 248 g/mol. The number of fused-ring (bicyclic) bond motifs is 2. The Morgan fingerprint density at radius 2 is 2.00 bits per heavy atom. The minimum absolute atomic E-state index is 0.0671. The molecule has 3 saturated heterocycles. The van der Waals surface area contributed by atoms with Crippen LogP contribution in [0.1, 0.15) is 11.6 Å². The number of rotatable bonds is 1. The molecule has 2 unspecified atom stereocenters. The van der Waals surface area contributed by atoms with E-state index < -0.39 is 17.9 Å². The molecule has 1 aromatic rings. The molecule has 2 amide bonds. The summed E-state index contributed by atoms with van der Waals surface area (Å²) in [6.45, 7) is 0. The number of thiocarbonyl (C=S) groups is 1. The fourth-order valence-corrected chi connectivity index (χ4v) is 2.57. The van der Waals surface area contributed by atoms with Crippen LogP contribution in [0.4, 0.5) is 0 Å². The number of amides is 2. The van der Waals surface area contributed by atoms with Crippen molar-refractivity contribution < 1.29 is 14.7 Å². The quantitative estimate of drug-likeness (QED) is 0.426. The van der Waals surface area contributed by atoms with Crippen LogP contribution in [0.3, 0.4) is 0 Å². The Morgan fingerprint density at radius 1 is 1.29 bits per heavy atom. The molecule has 0 aromatic heterocycles. The van der Waals surface area contributed by atoms with Crippen LogP contribution in [0.25, 0.3) is 0 Å². The van der Waals surface area contributed by atoms with Crippen LogP contribution >= 0.6 is 12.2 Å². The number of nitrogens with one attached hydrogen (secondary N) is 1. The van der Waals surface area contributed by atoms with Gasteiger partial charge < -0.3 is 10.4 Å². The highest BCUT2D eigenvalue weighted by Crippen LogP contribution is 2.45. The lowest BCUT2D eigenvalue weighted by Crippen LogP contribution is -2.70. The van der Waals surface area contributed by atoms with Gasteiger partial charge in [0.1, 0.15) is 11.7 Å². The molecule has 0 radical (unpaired) electrons. The number of carbonyl (C=O) groups excluding carboxylic acids is 2. The number of aromatic hydroxyl groups is 1. The highest BCUT2D eigenvalue weighted by Gasteiger charge is 2.58. The number of β-lactam (4-membered cyclic amide) rings is 1. The van der Waals surface area contributed by atoms with Crippen molar-refractivity contribution >= 4 is 29.1 Å². The van der Waals surface area contributed by atoms with E-state index in [4.69, 9.17) is 12.2 Å². The van der Waals surface area contributed by atoms with Crippen molar-refractivity contribution in [2.24, 2.45) is 5.92 Å². The molecule has 2 atom stereocenters. The molecule has 0 saturated carbocycles. The largest absolute Gasteiger partial charge is 0.508 e. The SMILES string of the molecule is O=C1NC(=S)N2C(=O)C1C2c1ccccc1O. The number of hydrogen-bond acceptors (Lipinski definition) is 4. The number of benzene rings is 1. The molecule has 3 fully saturated rings. The Balaban J connectivity index is 2.07. The third-order valence-corrected chi connectivity index (χ3v) is 3.38. The van der Waals surface area contributed by atoms with Crippen molar-refractivity contribution in [1.29, 1.82) is 0 Å². The minimum Gasteiger partial charge on any atom is -0.508 e. The van der Waals surface area contributed by atoms with Crippen molar-refractivity contribution in [1.82, 2.24) is 10.2 Å². The number of nitrogens with zero attached hydrogens (tertiary/aromatic N) is 1. The van der Waals surface area contributed by atoms with Crippen LogP contribution in [0.5, 0.6) is 5.75 Å². The number of phenols is 1. The van der Waals surface area contributed by atoms with E-state index in [1.165, 1.54) is 11.0 Å². The van der Waals surface area contributed by atoms with Crippen LogP contribution in [-0.2, 0) is 9.59 Å². The molecule has 86 valence electrons. The van der Waals surface area contributed by atoms with E-state index in [0.717, 1.165) is 0 Å². The highest BCUT2D eigenvalue weighted by molar-refractivity contribution is 7.80. The van der Waals surface area contributed by atoms with E-state index >= 15 is 0 Å². The lowest BCUT2D eigenvalue weighted by atomic mass is 9.80. The Hall–Kier alpha value is -1.95. The average molecular weight is 248 g/mol. The van der Waals surface area contributed by atoms with Gasteiger partial charge in [0.2, 0.25) is 11.8 Å². The second-order valence-corrected chi connectivity index (χ2v) is 4.37. The molecule has 0 aliphatic carbocycles. The molecular weight excluding hydrogens is 240 g/mol. The van der Waals surface area contributed by atoms with Crippen LogP contribution in [0, 0.1) is 5.92 Å². The summed E-state index contributed by atoms with van der Waals surface area (Å²) in [5.41, 5.74) is 0.550. The van der Waals surface area contributed by atoms with Crippen molar-refractivity contribution in [2.45, 2.75) is 6.04 Å². The fourth-order valence-electron chi connectivity index (χ4n) is 2.27. The molecule has 5 nitrogen and oxygen atoms in total. The van der Waals surface area contributed by atoms with Gasteiger partial charge in [-0.05, 0) is 18.3 Å². The summed E-state index contributed by atoms with van der Waals surface area (Å²) in [5, 5.41) is 12.3. The summed E-state index contributed by atoms with van der Waals surface area (Å²) in [7, 11) is 0. The summed E-state index contributed by atoms with van der Waals surface area (Å²) in [6, 6.07) is 6.17. The topological polar surface area (TPSA) is 69.6 Å². The molecule has 3 aliphatic rings. The number of hydrogen-bond donors (Lipinski definition) is 2. The van der Waals surface area contributed by atoms with E-state index in [2.05, 4.69) is 5.32 Å². The number of para-hydroxylation sites is 1. The Bertz CT molecular complexity index is 519. The van der Waals surface area contributed by atoms with Gasteiger partial charge in [0.15, 0.2) is 5.11 Å². The van der Waals surface area contributed by atoms with E-state index in [1.807, 2.05) is 0 Å². The molecule has 3 aliphatic heterocycles. The predicted octanol–water partition coefficient (Wildman–Crippen LogP) is 0.306. The highest BCUT2D eigenvalue weighted by atomic mass is 32.1. The van der Waals surface area contributed by atoms with Crippen LogP contribution in [0.15, 0.2) is 24.3 Å². The van der Waals surface area contributed by atoms with E-state index in [9.17, 15) is 14.7 Å². The molecule has 17 heavy (non-hydrogen) atoms. The average Bonchev–Trinajstić information content (AvgIpc) is 2.26. The standard InChI is InChI=1S/C11H8N2O3S/c14-6-4-2-1-3-5(6)8-7-9(15)12-11(17)13(8)10(7)16/h1-4,7-8,14H,(H,12,15,17). The third kappa shape index (κ3) is 1.21. The lowest BCUT2D eigenvalue weighted by molar-refractivity contribution is -0.158. The summed E-state index contributed by atoms with van der Waals surface area (Å²) >= 11 is 4.93.